The van der Waals surface area contributed by atoms with E-state index in [1.165, 1.54) is 22.2 Å². The third-order valence-electron chi connectivity index (χ3n) is 7.10. The van der Waals surface area contributed by atoms with Crippen LogP contribution in [0.4, 0.5) is 4.39 Å². The fourth-order valence-electron chi connectivity index (χ4n) is 5.43. The summed E-state index contributed by atoms with van der Waals surface area (Å²) < 4.78 is 16.6. The Kier molecular flexibility index (Phi) is 6.01. The number of rotatable bonds is 5. The molecule has 170 valence electrons. The molecule has 0 aliphatic heterocycles. The Labute approximate surface area is 192 Å². The summed E-state index contributed by atoms with van der Waals surface area (Å²) in [5.74, 6) is 0.495. The maximum atomic E-state index is 14.1. The Bertz CT molecular complexity index is 1110. The van der Waals surface area contributed by atoms with Crippen LogP contribution in [0.3, 0.4) is 0 Å². The zero-order chi connectivity index (χ0) is 22.2. The van der Waals surface area contributed by atoms with E-state index in [1.54, 1.807) is 16.8 Å². The molecule has 0 spiro atoms. The lowest BCUT2D eigenvalue weighted by atomic mass is 9.87. The fourth-order valence-corrected chi connectivity index (χ4v) is 5.98. The van der Waals surface area contributed by atoms with Gasteiger partial charge in [0.25, 0.3) is 0 Å². The quantitative estimate of drug-likeness (QED) is 0.568. The number of nitrogens with zero attached hydrogens (tertiary/aromatic N) is 3. The summed E-state index contributed by atoms with van der Waals surface area (Å²) in [5, 5.41) is 13.7. The van der Waals surface area contributed by atoms with Gasteiger partial charge in [0.1, 0.15) is 16.7 Å². The zero-order valence-electron chi connectivity index (χ0n) is 18.8. The molecule has 5 nitrogen and oxygen atoms in total. The second-order valence-corrected chi connectivity index (χ2v) is 10.6. The highest BCUT2D eigenvalue weighted by atomic mass is 32.1. The van der Waals surface area contributed by atoms with E-state index in [4.69, 9.17) is 0 Å². The Morgan fingerprint density at radius 2 is 2.19 bits per heavy atom. The Hall–Kier alpha value is -2.28. The number of alkyl halides is 1. The van der Waals surface area contributed by atoms with E-state index in [1.807, 2.05) is 13.8 Å². The van der Waals surface area contributed by atoms with Crippen LogP contribution in [0.25, 0.3) is 21.5 Å². The Morgan fingerprint density at radius 1 is 1.31 bits per heavy atom. The van der Waals surface area contributed by atoms with Crippen molar-refractivity contribution in [1.82, 2.24) is 20.1 Å². The summed E-state index contributed by atoms with van der Waals surface area (Å²) in [7, 11) is 0. The molecule has 0 bridgehead atoms. The fraction of sp³-hybridized carbons (Fsp3) is 0.560. The lowest BCUT2D eigenvalue weighted by Gasteiger charge is -2.28. The molecule has 2 aliphatic rings. The molecule has 0 saturated heterocycles. The van der Waals surface area contributed by atoms with Crippen LogP contribution in [-0.4, -0.2) is 32.9 Å². The van der Waals surface area contributed by atoms with E-state index in [-0.39, 0.29) is 17.9 Å². The van der Waals surface area contributed by atoms with E-state index < -0.39 is 6.17 Å². The average molecular weight is 455 g/mol. The first-order valence-corrected chi connectivity index (χ1v) is 12.7. The van der Waals surface area contributed by atoms with Crippen molar-refractivity contribution in [1.29, 1.82) is 0 Å². The molecule has 1 fully saturated rings. The van der Waals surface area contributed by atoms with E-state index in [9.17, 15) is 9.18 Å². The number of hydrogen-bond acceptors (Lipinski definition) is 4. The minimum atomic E-state index is -0.661. The number of carbonyl (C=O) groups excluding carboxylic acids is 1. The molecule has 2 heterocycles. The van der Waals surface area contributed by atoms with Gasteiger partial charge in [-0.1, -0.05) is 31.6 Å². The van der Waals surface area contributed by atoms with Crippen molar-refractivity contribution in [2.45, 2.75) is 77.6 Å². The summed E-state index contributed by atoms with van der Waals surface area (Å²) in [5.41, 5.74) is 6.76. The minimum Gasteiger partial charge on any atom is -0.353 e. The largest absolute Gasteiger partial charge is 0.353 e. The number of hydrogen-bond donors (Lipinski definition) is 1. The predicted octanol–water partition coefficient (Wildman–Crippen LogP) is 5.32. The van der Waals surface area contributed by atoms with Gasteiger partial charge in [0.05, 0.1) is 0 Å². The van der Waals surface area contributed by atoms with Crippen LogP contribution in [0.15, 0.2) is 23.7 Å². The molecule has 1 amide bonds. The lowest BCUT2D eigenvalue weighted by Crippen LogP contribution is -2.41. The van der Waals surface area contributed by atoms with Crippen LogP contribution in [0.5, 0.6) is 0 Å². The first-order valence-electron chi connectivity index (χ1n) is 11.8. The van der Waals surface area contributed by atoms with Crippen LogP contribution in [0.2, 0.25) is 0 Å². The second kappa shape index (κ2) is 8.93. The van der Waals surface area contributed by atoms with Crippen LogP contribution in [0, 0.1) is 11.8 Å². The summed E-state index contributed by atoms with van der Waals surface area (Å²) >= 11 is 1.54. The van der Waals surface area contributed by atoms with E-state index in [0.717, 1.165) is 49.2 Å². The van der Waals surface area contributed by atoms with Gasteiger partial charge in [0.15, 0.2) is 0 Å². The van der Waals surface area contributed by atoms with E-state index >= 15 is 0 Å². The van der Waals surface area contributed by atoms with E-state index in [0.29, 0.717) is 18.8 Å². The van der Waals surface area contributed by atoms with Gasteiger partial charge in [-0.25, -0.2) is 4.39 Å². The van der Waals surface area contributed by atoms with Crippen LogP contribution >= 0.6 is 11.3 Å². The van der Waals surface area contributed by atoms with Crippen LogP contribution in [-0.2, 0) is 24.2 Å². The summed E-state index contributed by atoms with van der Waals surface area (Å²) in [6.45, 7) is 4.76. The maximum absolute atomic E-state index is 14.1. The van der Waals surface area contributed by atoms with Crippen molar-refractivity contribution in [2.75, 3.05) is 0 Å². The first kappa shape index (κ1) is 21.6. The molecule has 2 aromatic heterocycles. The van der Waals surface area contributed by atoms with Gasteiger partial charge in [-0.2, -0.15) is 0 Å². The van der Waals surface area contributed by atoms with Gasteiger partial charge in [-0.3, -0.25) is 4.79 Å². The topological polar surface area (TPSA) is 59.8 Å². The molecule has 2 unspecified atom stereocenters. The van der Waals surface area contributed by atoms with Gasteiger partial charge in [0.2, 0.25) is 5.91 Å². The second-order valence-electron chi connectivity index (χ2n) is 9.74. The number of aromatic nitrogens is 3. The highest BCUT2D eigenvalue weighted by Gasteiger charge is 2.29. The monoisotopic (exact) mass is 454 g/mol. The van der Waals surface area contributed by atoms with Crippen molar-refractivity contribution in [3.63, 3.8) is 0 Å². The Balaban J connectivity index is 1.53. The van der Waals surface area contributed by atoms with Gasteiger partial charge in [-0.05, 0) is 68.2 Å². The molecule has 0 radical (unpaired) electrons. The number of benzene rings is 1. The molecule has 32 heavy (non-hydrogen) atoms. The maximum Gasteiger partial charge on any atom is 0.222 e. The van der Waals surface area contributed by atoms with Gasteiger partial charge >= 0.3 is 0 Å². The first-order chi connectivity index (χ1) is 15.5. The average Bonchev–Trinajstić information content (AvgIpc) is 3.41. The highest BCUT2D eigenvalue weighted by molar-refractivity contribution is 7.12. The highest BCUT2D eigenvalue weighted by Crippen LogP contribution is 2.37. The lowest BCUT2D eigenvalue weighted by molar-refractivity contribution is -0.124. The number of halogens is 1. The van der Waals surface area contributed by atoms with E-state index in [2.05, 4.69) is 38.3 Å². The summed E-state index contributed by atoms with van der Waals surface area (Å²) in [4.78, 5) is 12.3. The van der Waals surface area contributed by atoms with Crippen LogP contribution in [0.1, 0.15) is 57.2 Å². The van der Waals surface area contributed by atoms with Gasteiger partial charge in [-0.15, -0.1) is 10.2 Å². The standard InChI is InChI=1S/C25H31FN4OS/c1-15(2)24(31)28-19-7-9-23-21(12-19)20-11-17(25-29-27-14-32-25)6-8-22(20)30(23)13-16-4-3-5-18(26)10-16/h6,8,11,14-16,18-19H,3-5,7,9-10,12-13H2,1-2H3,(H,28,31)/t16?,18?,19-/m1/s1. The van der Waals surface area contributed by atoms with Crippen molar-refractivity contribution in [3.8, 4) is 10.6 Å². The third kappa shape index (κ3) is 4.19. The summed E-state index contributed by atoms with van der Waals surface area (Å²) in [6.07, 6.45) is 5.53. The number of nitrogens with one attached hydrogen (secondary N) is 1. The normalized spacial score (nSPS) is 23.4. The van der Waals surface area contributed by atoms with Crippen molar-refractivity contribution in [3.05, 3.63) is 35.0 Å². The summed E-state index contributed by atoms with van der Waals surface area (Å²) in [6, 6.07) is 6.71. The molecule has 1 saturated carbocycles. The number of carbonyl (C=O) groups is 1. The molecule has 7 heteroatoms. The van der Waals surface area contributed by atoms with Crippen molar-refractivity contribution in [2.24, 2.45) is 11.8 Å². The Morgan fingerprint density at radius 3 is 2.94 bits per heavy atom. The minimum absolute atomic E-state index is 0.0123. The predicted molar refractivity (Wildman–Crippen MR) is 126 cm³/mol. The molecule has 1 N–H and O–H groups in total. The molecule has 3 atom stereocenters. The van der Waals surface area contributed by atoms with Gasteiger partial charge < -0.3 is 9.88 Å². The third-order valence-corrected chi connectivity index (χ3v) is 7.84. The molecular formula is C25H31FN4OS. The molecule has 5 rings (SSSR count). The molecular weight excluding hydrogens is 423 g/mol. The number of fused-ring (bicyclic) bond motifs is 3. The molecule has 1 aromatic carbocycles. The molecule has 2 aliphatic carbocycles. The van der Waals surface area contributed by atoms with Crippen molar-refractivity contribution < 1.29 is 9.18 Å². The zero-order valence-corrected chi connectivity index (χ0v) is 19.6. The molecule has 3 aromatic rings. The van der Waals surface area contributed by atoms with Gasteiger partial charge in [0, 0.05) is 40.7 Å². The van der Waals surface area contributed by atoms with Crippen molar-refractivity contribution >= 4 is 28.1 Å². The number of amides is 1. The SMILES string of the molecule is CC(C)C(=O)N[C@@H]1CCc2c(c3cc(-c4nncs4)ccc3n2CC2CCCC(F)C2)C1. The van der Waals surface area contributed by atoms with Crippen LogP contribution < -0.4 is 5.32 Å². The smallest absolute Gasteiger partial charge is 0.222 e.